The van der Waals surface area contributed by atoms with Crippen molar-refractivity contribution in [3.8, 4) is 0 Å². The van der Waals surface area contributed by atoms with Crippen LogP contribution in [0.25, 0.3) is 0 Å². The maximum absolute atomic E-state index is 12.2. The van der Waals surface area contributed by atoms with Crippen molar-refractivity contribution in [2.45, 2.75) is 58.5 Å². The average Bonchev–Trinajstić information content (AvgIpc) is 2.36. The first-order valence-electron chi connectivity index (χ1n) is 8.18. The minimum absolute atomic E-state index is 0.0890. The Kier molecular flexibility index (Phi) is 3.39. The molecule has 4 fully saturated rings. The van der Waals surface area contributed by atoms with Gasteiger partial charge in [0.25, 0.3) is 0 Å². The van der Waals surface area contributed by atoms with E-state index in [0.29, 0.717) is 18.4 Å². The molecule has 1 amide bonds. The van der Waals surface area contributed by atoms with Gasteiger partial charge in [-0.15, -0.1) is 0 Å². The average molecular weight is 279 g/mol. The highest BCUT2D eigenvalue weighted by molar-refractivity contribution is 5.81. The van der Waals surface area contributed by atoms with E-state index in [4.69, 9.17) is 4.74 Å². The summed E-state index contributed by atoms with van der Waals surface area (Å²) in [5.74, 6) is 3.31. The summed E-state index contributed by atoms with van der Waals surface area (Å²) >= 11 is 0. The van der Waals surface area contributed by atoms with E-state index in [1.807, 2.05) is 27.9 Å². The highest BCUT2D eigenvalue weighted by Gasteiger charge is 2.57. The number of carbonyl (C=O) groups excluding carboxylic acids is 1. The Labute approximate surface area is 122 Å². The molecule has 0 unspecified atom stereocenters. The smallest absolute Gasteiger partial charge is 0.225 e. The maximum atomic E-state index is 12.2. The van der Waals surface area contributed by atoms with Gasteiger partial charge in [0.1, 0.15) is 0 Å². The van der Waals surface area contributed by atoms with E-state index in [-0.39, 0.29) is 16.9 Å². The van der Waals surface area contributed by atoms with Gasteiger partial charge in [-0.25, -0.2) is 0 Å². The first-order chi connectivity index (χ1) is 9.35. The molecular weight excluding hydrogens is 250 g/mol. The highest BCUT2D eigenvalue weighted by Crippen LogP contribution is 2.59. The molecule has 0 radical (unpaired) electrons. The van der Waals surface area contributed by atoms with Crippen LogP contribution >= 0.6 is 0 Å². The van der Waals surface area contributed by atoms with Gasteiger partial charge in [-0.2, -0.15) is 0 Å². The molecule has 0 spiro atoms. The molecule has 0 aromatic rings. The third kappa shape index (κ3) is 2.18. The summed E-state index contributed by atoms with van der Waals surface area (Å²) in [5, 5.41) is 3.18. The van der Waals surface area contributed by atoms with Crippen molar-refractivity contribution < 1.29 is 9.53 Å². The van der Waals surface area contributed by atoms with E-state index in [9.17, 15) is 4.79 Å². The van der Waals surface area contributed by atoms with Gasteiger partial charge in [0.15, 0.2) is 0 Å². The predicted octanol–water partition coefficient (Wildman–Crippen LogP) is 2.99. The number of hydrogen-bond acceptors (Lipinski definition) is 2. The zero-order valence-corrected chi connectivity index (χ0v) is 13.4. The predicted molar refractivity (Wildman–Crippen MR) is 79.2 cm³/mol. The summed E-state index contributed by atoms with van der Waals surface area (Å²) in [6.45, 7) is 6.62. The molecule has 0 atom stereocenters. The number of ether oxygens (including phenoxy) is 1. The van der Waals surface area contributed by atoms with Crippen LogP contribution in [0.15, 0.2) is 0 Å². The topological polar surface area (TPSA) is 38.3 Å². The molecule has 0 aromatic carbocycles. The fraction of sp³-hybridized carbons (Fsp3) is 0.941. The third-order valence-corrected chi connectivity index (χ3v) is 6.11. The van der Waals surface area contributed by atoms with Crippen molar-refractivity contribution >= 4 is 5.91 Å². The Hall–Kier alpha value is -0.570. The van der Waals surface area contributed by atoms with Gasteiger partial charge >= 0.3 is 0 Å². The second-order valence-corrected chi connectivity index (χ2v) is 8.40. The lowest BCUT2D eigenvalue weighted by atomic mass is 9.49. The quantitative estimate of drug-likeness (QED) is 0.862. The Balaban J connectivity index is 1.73. The summed E-state index contributed by atoms with van der Waals surface area (Å²) < 4.78 is 6.06. The van der Waals surface area contributed by atoms with Crippen LogP contribution in [0.5, 0.6) is 0 Å². The molecule has 0 aromatic heterocycles. The van der Waals surface area contributed by atoms with Crippen molar-refractivity contribution in [2.75, 3.05) is 13.7 Å². The van der Waals surface area contributed by atoms with Crippen LogP contribution in [-0.4, -0.2) is 25.2 Å². The Bertz CT molecular complexity index is 368. The third-order valence-electron chi connectivity index (χ3n) is 6.11. The van der Waals surface area contributed by atoms with E-state index in [0.717, 1.165) is 11.8 Å². The van der Waals surface area contributed by atoms with Crippen LogP contribution in [0.1, 0.15) is 52.9 Å². The number of methoxy groups -OCH3 is 1. The van der Waals surface area contributed by atoms with Crippen LogP contribution in [-0.2, 0) is 9.53 Å². The van der Waals surface area contributed by atoms with E-state index in [1.165, 1.54) is 32.1 Å². The van der Waals surface area contributed by atoms with Gasteiger partial charge in [-0.3, -0.25) is 4.79 Å². The van der Waals surface area contributed by atoms with Crippen LogP contribution in [0.3, 0.4) is 0 Å². The zero-order valence-electron chi connectivity index (χ0n) is 13.4. The second-order valence-electron chi connectivity index (χ2n) is 8.40. The lowest BCUT2D eigenvalue weighted by Gasteiger charge is -2.60. The van der Waals surface area contributed by atoms with Crippen molar-refractivity contribution in [2.24, 2.45) is 29.1 Å². The molecule has 0 aliphatic heterocycles. The molecule has 20 heavy (non-hydrogen) atoms. The molecule has 4 aliphatic rings. The van der Waals surface area contributed by atoms with E-state index in [1.54, 1.807) is 0 Å². The minimum Gasteiger partial charge on any atom is -0.376 e. The normalized spacial score (nSPS) is 42.8. The molecule has 4 bridgehead atoms. The lowest BCUT2D eigenvalue weighted by Crippen LogP contribution is -2.63. The Morgan fingerprint density at radius 1 is 1.10 bits per heavy atom. The van der Waals surface area contributed by atoms with Crippen molar-refractivity contribution in [1.82, 2.24) is 5.32 Å². The van der Waals surface area contributed by atoms with E-state index >= 15 is 0 Å². The van der Waals surface area contributed by atoms with Gasteiger partial charge in [0, 0.05) is 19.1 Å². The number of carbonyl (C=O) groups is 1. The maximum Gasteiger partial charge on any atom is 0.225 e. The van der Waals surface area contributed by atoms with Gasteiger partial charge in [-0.05, 0) is 55.8 Å². The van der Waals surface area contributed by atoms with Gasteiger partial charge in [0.2, 0.25) is 5.91 Å². The Morgan fingerprint density at radius 3 is 2.00 bits per heavy atom. The van der Waals surface area contributed by atoms with Crippen molar-refractivity contribution in [1.29, 1.82) is 0 Å². The largest absolute Gasteiger partial charge is 0.376 e. The summed E-state index contributed by atoms with van der Waals surface area (Å²) in [6, 6.07) is 0. The van der Waals surface area contributed by atoms with Gasteiger partial charge in [-0.1, -0.05) is 20.8 Å². The molecule has 0 saturated heterocycles. The monoisotopic (exact) mass is 279 g/mol. The standard InChI is InChI=1S/C17H29NO2/c1-16(2,3)15(19)18-10-17(20-4)13-6-11-5-12(8-13)9-14(17)7-11/h11-14H,5-10H2,1-4H3,(H,18,19). The van der Waals surface area contributed by atoms with Gasteiger partial charge < -0.3 is 10.1 Å². The van der Waals surface area contributed by atoms with Crippen LogP contribution in [0.2, 0.25) is 0 Å². The summed E-state index contributed by atoms with van der Waals surface area (Å²) in [4.78, 5) is 12.2. The van der Waals surface area contributed by atoms with Crippen molar-refractivity contribution in [3.05, 3.63) is 0 Å². The second kappa shape index (κ2) is 4.72. The number of nitrogens with one attached hydrogen (secondary N) is 1. The van der Waals surface area contributed by atoms with Crippen molar-refractivity contribution in [3.63, 3.8) is 0 Å². The molecule has 114 valence electrons. The number of hydrogen-bond donors (Lipinski definition) is 1. The first-order valence-corrected chi connectivity index (χ1v) is 8.18. The van der Waals surface area contributed by atoms with Crippen LogP contribution < -0.4 is 5.32 Å². The zero-order chi connectivity index (χ0) is 14.5. The lowest BCUT2D eigenvalue weighted by molar-refractivity contribution is -0.188. The van der Waals surface area contributed by atoms with Gasteiger partial charge in [0.05, 0.1) is 5.60 Å². The summed E-state index contributed by atoms with van der Waals surface area (Å²) in [7, 11) is 1.85. The fourth-order valence-corrected chi connectivity index (χ4v) is 5.16. The number of amides is 1. The molecule has 4 saturated carbocycles. The summed E-state index contributed by atoms with van der Waals surface area (Å²) in [5.41, 5.74) is -0.408. The first kappa shape index (κ1) is 14.4. The van der Waals surface area contributed by atoms with E-state index in [2.05, 4.69) is 5.32 Å². The Morgan fingerprint density at radius 2 is 1.60 bits per heavy atom. The van der Waals surface area contributed by atoms with Crippen LogP contribution in [0.4, 0.5) is 0 Å². The SMILES string of the molecule is COC1(CNC(=O)C(C)(C)C)C2CC3CC(C2)CC1C3. The molecule has 3 nitrogen and oxygen atoms in total. The molecule has 4 aliphatic carbocycles. The highest BCUT2D eigenvalue weighted by atomic mass is 16.5. The molecule has 3 heteroatoms. The summed E-state index contributed by atoms with van der Waals surface area (Å²) in [6.07, 6.45) is 6.69. The fourth-order valence-electron chi connectivity index (χ4n) is 5.16. The molecule has 4 rings (SSSR count). The van der Waals surface area contributed by atoms with Crippen LogP contribution in [0, 0.1) is 29.1 Å². The molecular formula is C17H29NO2. The number of rotatable bonds is 3. The molecule has 0 heterocycles. The molecule has 1 N–H and O–H groups in total. The minimum atomic E-state index is -0.319. The van der Waals surface area contributed by atoms with E-state index < -0.39 is 0 Å².